The average Bonchev–Trinajstić information content (AvgIpc) is 4.23. The molecule has 5 heterocycles. The Labute approximate surface area is 431 Å². The number of aromatic nitrogens is 5. The number of nitrogens with zero attached hydrogens (tertiary/aromatic N) is 7. The third kappa shape index (κ3) is 6.25. The molecule has 0 atom stereocenters. The summed E-state index contributed by atoms with van der Waals surface area (Å²) < 4.78 is 9.61. The van der Waals surface area contributed by atoms with Crippen LogP contribution in [-0.2, 0) is 0 Å². The predicted molar refractivity (Wildman–Crippen MR) is 305 cm³/mol. The van der Waals surface area contributed by atoms with E-state index in [-0.39, 0.29) is 0 Å². The number of nitriles is 2. The Hall–Kier alpha value is -9.77. The first-order chi connectivity index (χ1) is 36.6. The molecule has 10 aromatic carbocycles. The summed E-state index contributed by atoms with van der Waals surface area (Å²) >= 11 is 3.65. The number of fused-ring (bicyclic) bond motifs is 14. The zero-order chi connectivity index (χ0) is 49.0. The van der Waals surface area contributed by atoms with E-state index in [0.717, 1.165) is 60.9 Å². The van der Waals surface area contributed by atoms with Crippen LogP contribution in [-0.4, -0.2) is 24.1 Å². The smallest absolute Gasteiger partial charge is 0.165 e. The maximum Gasteiger partial charge on any atom is 0.165 e. The van der Waals surface area contributed by atoms with Gasteiger partial charge < -0.3 is 9.13 Å². The normalized spacial score (nSPS) is 11.8. The van der Waals surface area contributed by atoms with Crippen molar-refractivity contribution in [1.29, 1.82) is 10.5 Å². The predicted octanol–water partition coefficient (Wildman–Crippen LogP) is 17.2. The minimum Gasteiger partial charge on any atom is -0.309 e. The molecule has 0 aliphatic heterocycles. The number of thiophene rings is 2. The average molecular weight is 978 g/mol. The van der Waals surface area contributed by atoms with Gasteiger partial charge in [0.05, 0.1) is 45.3 Å². The SMILES string of the molecule is N#Cc1ccc(-n2c3ccccc3c3c4sc5ccccc5c4ccc32)cc1-c1nc(-c2ccccc2)nc(-c2cc(-n3c4ccccc4c4c5sc6ccccc6c5ccc43)ccc2-c2ccccc2C#N)n1. The van der Waals surface area contributed by atoms with Gasteiger partial charge in [-0.15, -0.1) is 22.7 Å². The van der Waals surface area contributed by atoms with Crippen molar-refractivity contribution in [3.05, 3.63) is 223 Å². The van der Waals surface area contributed by atoms with Crippen LogP contribution in [0, 0.1) is 22.7 Å². The molecular weight excluding hydrogens is 943 g/mol. The molecule has 5 aromatic heterocycles. The second kappa shape index (κ2) is 16.4. The van der Waals surface area contributed by atoms with E-state index in [1.165, 1.54) is 51.1 Å². The van der Waals surface area contributed by atoms with Gasteiger partial charge in [0, 0.05) is 95.5 Å². The lowest BCUT2D eigenvalue weighted by atomic mass is 9.94. The molecule has 0 saturated carbocycles. The van der Waals surface area contributed by atoms with Crippen molar-refractivity contribution >= 4 is 107 Å². The molecule has 342 valence electrons. The Morgan fingerprint density at radius 1 is 0.338 bits per heavy atom. The molecule has 7 nitrogen and oxygen atoms in total. The van der Waals surface area contributed by atoms with Gasteiger partial charge in [-0.1, -0.05) is 140 Å². The number of hydrogen-bond acceptors (Lipinski definition) is 7. The lowest BCUT2D eigenvalue weighted by molar-refractivity contribution is 1.07. The molecule has 0 fully saturated rings. The molecule has 15 aromatic rings. The summed E-state index contributed by atoms with van der Waals surface area (Å²) in [6, 6.07) is 78.1. The molecule has 0 amide bonds. The number of para-hydroxylation sites is 2. The van der Waals surface area contributed by atoms with E-state index in [1.54, 1.807) is 0 Å². The van der Waals surface area contributed by atoms with Gasteiger partial charge in [0.25, 0.3) is 0 Å². The maximum atomic E-state index is 10.9. The van der Waals surface area contributed by atoms with Crippen LogP contribution in [0.2, 0.25) is 0 Å². The van der Waals surface area contributed by atoms with Crippen molar-refractivity contribution in [2.75, 3.05) is 0 Å². The fourth-order valence-electron chi connectivity index (χ4n) is 11.2. The summed E-state index contributed by atoms with van der Waals surface area (Å²) in [6.45, 7) is 0. The zero-order valence-electron chi connectivity index (χ0n) is 39.2. The third-order valence-corrected chi connectivity index (χ3v) is 16.9. The van der Waals surface area contributed by atoms with Gasteiger partial charge in [-0.3, -0.25) is 0 Å². The molecule has 0 aliphatic rings. The number of benzene rings is 10. The molecule has 0 aliphatic carbocycles. The Morgan fingerprint density at radius 3 is 1.42 bits per heavy atom. The maximum absolute atomic E-state index is 10.9. The summed E-state index contributed by atoms with van der Waals surface area (Å²) in [5, 5.41) is 31.2. The van der Waals surface area contributed by atoms with E-state index in [2.05, 4.69) is 161 Å². The summed E-state index contributed by atoms with van der Waals surface area (Å²) in [7, 11) is 0. The Balaban J connectivity index is 0.986. The highest BCUT2D eigenvalue weighted by molar-refractivity contribution is 7.27. The van der Waals surface area contributed by atoms with Gasteiger partial charge in [0.1, 0.15) is 0 Å². The lowest BCUT2D eigenvalue weighted by Gasteiger charge is -2.16. The highest BCUT2D eigenvalue weighted by Crippen LogP contribution is 2.46. The summed E-state index contributed by atoms with van der Waals surface area (Å²) in [4.78, 5) is 15.9. The van der Waals surface area contributed by atoms with E-state index in [0.29, 0.717) is 39.7 Å². The van der Waals surface area contributed by atoms with Crippen molar-refractivity contribution in [2.24, 2.45) is 0 Å². The largest absolute Gasteiger partial charge is 0.309 e. The first kappa shape index (κ1) is 42.0. The first-order valence-electron chi connectivity index (χ1n) is 24.3. The molecular formula is C65H35N7S2. The Bertz CT molecular complexity index is 4950. The molecule has 0 saturated heterocycles. The van der Waals surface area contributed by atoms with E-state index < -0.39 is 0 Å². The molecule has 74 heavy (non-hydrogen) atoms. The number of hydrogen-bond donors (Lipinski definition) is 0. The van der Waals surface area contributed by atoms with Crippen LogP contribution in [0.3, 0.4) is 0 Å². The molecule has 15 rings (SSSR count). The summed E-state index contributed by atoms with van der Waals surface area (Å²) in [6.07, 6.45) is 0. The van der Waals surface area contributed by atoms with Crippen LogP contribution in [0.4, 0.5) is 0 Å². The van der Waals surface area contributed by atoms with Gasteiger partial charge in [-0.2, -0.15) is 10.5 Å². The van der Waals surface area contributed by atoms with Crippen LogP contribution in [0.5, 0.6) is 0 Å². The van der Waals surface area contributed by atoms with Crippen molar-refractivity contribution in [1.82, 2.24) is 24.1 Å². The third-order valence-electron chi connectivity index (χ3n) is 14.5. The number of rotatable bonds is 6. The van der Waals surface area contributed by atoms with E-state index >= 15 is 0 Å². The van der Waals surface area contributed by atoms with Gasteiger partial charge in [0.2, 0.25) is 0 Å². The van der Waals surface area contributed by atoms with Crippen molar-refractivity contribution in [3.8, 4) is 68.8 Å². The molecule has 0 unspecified atom stereocenters. The van der Waals surface area contributed by atoms with E-state index in [9.17, 15) is 10.5 Å². The fourth-order valence-corrected chi connectivity index (χ4v) is 13.7. The van der Waals surface area contributed by atoms with Crippen LogP contribution < -0.4 is 0 Å². The second-order valence-corrected chi connectivity index (χ2v) is 20.6. The summed E-state index contributed by atoms with van der Waals surface area (Å²) in [5.41, 5.74) is 10.6. The monoisotopic (exact) mass is 977 g/mol. The van der Waals surface area contributed by atoms with Crippen molar-refractivity contribution < 1.29 is 0 Å². The first-order valence-corrected chi connectivity index (χ1v) is 25.9. The molecule has 0 radical (unpaired) electrons. The van der Waals surface area contributed by atoms with Gasteiger partial charge in [-0.05, 0) is 78.4 Å². The highest BCUT2D eigenvalue weighted by Gasteiger charge is 2.24. The minimum atomic E-state index is 0.355. The lowest BCUT2D eigenvalue weighted by Crippen LogP contribution is -2.04. The van der Waals surface area contributed by atoms with Crippen LogP contribution in [0.25, 0.3) is 141 Å². The van der Waals surface area contributed by atoms with Crippen molar-refractivity contribution in [2.45, 2.75) is 0 Å². The van der Waals surface area contributed by atoms with Gasteiger partial charge >= 0.3 is 0 Å². The molecule has 0 bridgehead atoms. The molecule has 0 spiro atoms. The summed E-state index contributed by atoms with van der Waals surface area (Å²) in [5.74, 6) is 1.22. The minimum absolute atomic E-state index is 0.355. The van der Waals surface area contributed by atoms with Crippen LogP contribution >= 0.6 is 22.7 Å². The van der Waals surface area contributed by atoms with E-state index in [1.807, 2.05) is 95.5 Å². The zero-order valence-corrected chi connectivity index (χ0v) is 40.8. The standard InChI is InChI=1S/C65H35N7S2/c66-36-39-16-4-5-17-43(39)44-29-28-42(72-54-23-11-7-21-50(54)60-56(72)33-31-48-46-19-9-13-25-58(46)74-62(48)60)35-52(44)65-69-63(38-14-2-1-3-15-38)68-64(70-65)51-34-41(27-26-40(51)37-67)71-53-22-10-6-20-49(53)59-55(71)32-30-47-45-18-8-12-24-57(45)73-61(47)59/h1-35H. The quantitative estimate of drug-likeness (QED) is 0.165. The molecule has 9 heteroatoms. The topological polar surface area (TPSA) is 96.1 Å². The highest BCUT2D eigenvalue weighted by atomic mass is 32.1. The van der Waals surface area contributed by atoms with Crippen LogP contribution in [0.15, 0.2) is 212 Å². The van der Waals surface area contributed by atoms with Crippen molar-refractivity contribution in [3.63, 3.8) is 0 Å². The Kier molecular flexibility index (Phi) is 9.29. The molecule has 0 N–H and O–H groups in total. The Morgan fingerprint density at radius 2 is 0.811 bits per heavy atom. The fraction of sp³-hybridized carbons (Fsp3) is 0. The van der Waals surface area contributed by atoms with Gasteiger partial charge in [0.15, 0.2) is 17.5 Å². The van der Waals surface area contributed by atoms with E-state index in [4.69, 9.17) is 15.0 Å². The van der Waals surface area contributed by atoms with Crippen LogP contribution in [0.1, 0.15) is 11.1 Å². The second-order valence-electron chi connectivity index (χ2n) is 18.5. The van der Waals surface area contributed by atoms with Gasteiger partial charge in [-0.25, -0.2) is 15.0 Å².